The lowest BCUT2D eigenvalue weighted by Gasteiger charge is -2.09. The van der Waals surface area contributed by atoms with Crippen LogP contribution >= 0.6 is 0 Å². The molecule has 0 aliphatic carbocycles. The van der Waals surface area contributed by atoms with Crippen molar-refractivity contribution in [2.24, 2.45) is 5.73 Å². The quantitative estimate of drug-likeness (QED) is 0.680. The Balaban J connectivity index is 2.36. The average Bonchev–Trinajstić information content (AvgIpc) is 2.32. The molecule has 0 radical (unpaired) electrons. The van der Waals surface area contributed by atoms with E-state index in [0.717, 1.165) is 44.8 Å². The van der Waals surface area contributed by atoms with Gasteiger partial charge in [0.2, 0.25) is 0 Å². The van der Waals surface area contributed by atoms with Crippen molar-refractivity contribution < 1.29 is 4.74 Å². The van der Waals surface area contributed by atoms with Gasteiger partial charge in [-0.2, -0.15) is 0 Å². The molecule has 0 saturated heterocycles. The molecule has 17 heavy (non-hydrogen) atoms. The van der Waals surface area contributed by atoms with E-state index in [-0.39, 0.29) is 0 Å². The van der Waals surface area contributed by atoms with Crippen LogP contribution in [-0.4, -0.2) is 19.7 Å². The maximum absolute atomic E-state index is 5.51. The van der Waals surface area contributed by atoms with E-state index < -0.39 is 0 Å². The van der Waals surface area contributed by atoms with Gasteiger partial charge in [-0.25, -0.2) is 0 Å². The van der Waals surface area contributed by atoms with Gasteiger partial charge in [0, 0.05) is 6.54 Å². The Morgan fingerprint density at radius 2 is 2.12 bits per heavy atom. The van der Waals surface area contributed by atoms with E-state index in [1.165, 1.54) is 11.1 Å². The topological polar surface area (TPSA) is 47.3 Å². The van der Waals surface area contributed by atoms with Crippen molar-refractivity contribution in [1.29, 1.82) is 0 Å². The van der Waals surface area contributed by atoms with E-state index in [2.05, 4.69) is 30.4 Å². The molecule has 3 heteroatoms. The summed E-state index contributed by atoms with van der Waals surface area (Å²) in [7, 11) is 0. The van der Waals surface area contributed by atoms with Gasteiger partial charge >= 0.3 is 0 Å². The van der Waals surface area contributed by atoms with E-state index in [1.807, 2.05) is 6.92 Å². The molecule has 96 valence electrons. The van der Waals surface area contributed by atoms with Crippen LogP contribution in [0.4, 0.5) is 0 Å². The molecule has 0 unspecified atom stereocenters. The first-order valence-electron chi connectivity index (χ1n) is 6.41. The molecule has 0 heterocycles. The first-order valence-corrected chi connectivity index (χ1v) is 6.41. The number of hydrogen-bond acceptors (Lipinski definition) is 3. The maximum atomic E-state index is 5.51. The second-order valence-corrected chi connectivity index (χ2v) is 4.21. The lowest BCUT2D eigenvalue weighted by atomic mass is 10.1. The number of unbranched alkanes of at least 4 members (excludes halogenated alkanes) is 1. The summed E-state index contributed by atoms with van der Waals surface area (Å²) in [6.07, 6.45) is 2.24. The lowest BCUT2D eigenvalue weighted by molar-refractivity contribution is 0.338. The molecular formula is C14H24N2O. The van der Waals surface area contributed by atoms with Crippen LogP contribution in [0.5, 0.6) is 5.75 Å². The Morgan fingerprint density at radius 1 is 1.29 bits per heavy atom. The molecule has 0 spiro atoms. The number of rotatable bonds is 8. The average molecular weight is 236 g/mol. The second kappa shape index (κ2) is 8.09. The van der Waals surface area contributed by atoms with Crippen molar-refractivity contribution in [2.75, 3.05) is 19.7 Å². The van der Waals surface area contributed by atoms with Gasteiger partial charge in [0.1, 0.15) is 5.75 Å². The Morgan fingerprint density at radius 3 is 2.76 bits per heavy atom. The van der Waals surface area contributed by atoms with Crippen molar-refractivity contribution >= 4 is 0 Å². The minimum absolute atomic E-state index is 0.720. The van der Waals surface area contributed by atoms with Gasteiger partial charge in [0.25, 0.3) is 0 Å². The highest BCUT2D eigenvalue weighted by Crippen LogP contribution is 2.18. The fourth-order valence-electron chi connectivity index (χ4n) is 1.77. The first kappa shape index (κ1) is 14.0. The highest BCUT2D eigenvalue weighted by molar-refractivity contribution is 5.36. The van der Waals surface area contributed by atoms with Crippen molar-refractivity contribution in [3.8, 4) is 5.75 Å². The van der Waals surface area contributed by atoms with Crippen LogP contribution in [0.15, 0.2) is 18.2 Å². The summed E-state index contributed by atoms with van der Waals surface area (Å²) in [6, 6.07) is 6.35. The number of aryl methyl sites for hydroxylation is 1. The van der Waals surface area contributed by atoms with Crippen molar-refractivity contribution in [3.63, 3.8) is 0 Å². The number of nitrogens with two attached hydrogens (primary N) is 1. The molecule has 0 atom stereocenters. The standard InChI is InChI=1S/C14H24N2O/c1-3-17-14-7-6-13(10-12(14)2)11-16-9-5-4-8-15/h6-7,10,16H,3-5,8-9,11,15H2,1-2H3. The molecule has 0 aromatic heterocycles. The van der Waals surface area contributed by atoms with Gasteiger partial charge in [-0.1, -0.05) is 12.1 Å². The van der Waals surface area contributed by atoms with Crippen LogP contribution in [0.25, 0.3) is 0 Å². The van der Waals surface area contributed by atoms with Crippen LogP contribution < -0.4 is 15.8 Å². The van der Waals surface area contributed by atoms with Gasteiger partial charge in [0.05, 0.1) is 6.61 Å². The molecule has 0 amide bonds. The van der Waals surface area contributed by atoms with Crippen molar-refractivity contribution in [3.05, 3.63) is 29.3 Å². The van der Waals surface area contributed by atoms with Crippen LogP contribution in [0.1, 0.15) is 30.9 Å². The second-order valence-electron chi connectivity index (χ2n) is 4.21. The molecule has 1 rings (SSSR count). The van der Waals surface area contributed by atoms with Gasteiger partial charge in [-0.05, 0) is 57.0 Å². The van der Waals surface area contributed by atoms with Gasteiger partial charge in [-0.15, -0.1) is 0 Å². The summed E-state index contributed by atoms with van der Waals surface area (Å²) in [4.78, 5) is 0. The molecule has 3 nitrogen and oxygen atoms in total. The third-order valence-electron chi connectivity index (χ3n) is 2.68. The van der Waals surface area contributed by atoms with Crippen LogP contribution in [-0.2, 0) is 6.54 Å². The minimum atomic E-state index is 0.720. The normalized spacial score (nSPS) is 10.5. The molecule has 1 aromatic carbocycles. The van der Waals surface area contributed by atoms with Crippen LogP contribution in [0.3, 0.4) is 0 Å². The summed E-state index contributed by atoms with van der Waals surface area (Å²) in [5, 5.41) is 3.42. The summed E-state index contributed by atoms with van der Waals surface area (Å²) in [5.74, 6) is 0.986. The van der Waals surface area contributed by atoms with Gasteiger partial charge in [0.15, 0.2) is 0 Å². The molecule has 3 N–H and O–H groups in total. The Bertz CT molecular complexity index is 326. The van der Waals surface area contributed by atoms with Crippen molar-refractivity contribution in [2.45, 2.75) is 33.2 Å². The van der Waals surface area contributed by atoms with Crippen LogP contribution in [0, 0.1) is 6.92 Å². The van der Waals surface area contributed by atoms with E-state index in [0.29, 0.717) is 0 Å². The third-order valence-corrected chi connectivity index (χ3v) is 2.68. The summed E-state index contributed by atoms with van der Waals surface area (Å²) in [6.45, 7) is 7.54. The number of hydrogen-bond donors (Lipinski definition) is 2. The molecule has 0 aliphatic heterocycles. The fourth-order valence-corrected chi connectivity index (χ4v) is 1.77. The SMILES string of the molecule is CCOc1ccc(CNCCCCN)cc1C. The number of ether oxygens (including phenoxy) is 1. The zero-order valence-electron chi connectivity index (χ0n) is 11.0. The Labute approximate surface area is 104 Å². The zero-order valence-corrected chi connectivity index (χ0v) is 11.0. The predicted octanol–water partition coefficient (Wildman–Crippen LogP) is 2.22. The zero-order chi connectivity index (χ0) is 12.5. The Hall–Kier alpha value is -1.06. The third kappa shape index (κ3) is 5.20. The predicted molar refractivity (Wildman–Crippen MR) is 72.3 cm³/mol. The molecule has 1 aromatic rings. The number of nitrogens with one attached hydrogen (secondary N) is 1. The number of benzene rings is 1. The highest BCUT2D eigenvalue weighted by Gasteiger charge is 2.00. The molecule has 0 fully saturated rings. The van der Waals surface area contributed by atoms with E-state index >= 15 is 0 Å². The smallest absolute Gasteiger partial charge is 0.122 e. The monoisotopic (exact) mass is 236 g/mol. The maximum Gasteiger partial charge on any atom is 0.122 e. The van der Waals surface area contributed by atoms with Gasteiger partial charge in [-0.3, -0.25) is 0 Å². The first-order chi connectivity index (χ1) is 8.27. The van der Waals surface area contributed by atoms with E-state index in [9.17, 15) is 0 Å². The Kier molecular flexibility index (Phi) is 6.67. The summed E-state index contributed by atoms with van der Waals surface area (Å²) >= 11 is 0. The summed E-state index contributed by atoms with van der Waals surface area (Å²) in [5.41, 5.74) is 7.95. The minimum Gasteiger partial charge on any atom is -0.494 e. The van der Waals surface area contributed by atoms with Gasteiger partial charge < -0.3 is 15.8 Å². The van der Waals surface area contributed by atoms with Crippen LogP contribution in [0.2, 0.25) is 0 Å². The lowest BCUT2D eigenvalue weighted by Crippen LogP contribution is -2.15. The highest BCUT2D eigenvalue weighted by atomic mass is 16.5. The molecule has 0 aliphatic rings. The summed E-state index contributed by atoms with van der Waals surface area (Å²) < 4.78 is 5.51. The molecule has 0 bridgehead atoms. The van der Waals surface area contributed by atoms with E-state index in [4.69, 9.17) is 10.5 Å². The van der Waals surface area contributed by atoms with Crippen molar-refractivity contribution in [1.82, 2.24) is 5.32 Å². The molecular weight excluding hydrogens is 212 g/mol. The molecule has 0 saturated carbocycles. The van der Waals surface area contributed by atoms with E-state index in [1.54, 1.807) is 0 Å². The fraction of sp³-hybridized carbons (Fsp3) is 0.571. The largest absolute Gasteiger partial charge is 0.494 e.